The zero-order valence-corrected chi connectivity index (χ0v) is 14.6. The number of benzene rings is 1. The van der Waals surface area contributed by atoms with Crippen LogP contribution in [-0.2, 0) is 0 Å². The van der Waals surface area contributed by atoms with E-state index < -0.39 is 0 Å². The topological polar surface area (TPSA) is 35.5 Å². The van der Waals surface area contributed by atoms with Crippen LogP contribution in [0.4, 0.5) is 0 Å². The Hall–Kier alpha value is -1.03. The van der Waals surface area contributed by atoms with Gasteiger partial charge in [0.05, 0.1) is 24.3 Å². The molecule has 4 heteroatoms. The minimum atomic E-state index is 0.0788. The van der Waals surface area contributed by atoms with Gasteiger partial charge in [0.25, 0.3) is 0 Å². The molecule has 20 heavy (non-hydrogen) atoms. The van der Waals surface area contributed by atoms with Gasteiger partial charge in [-0.1, -0.05) is 27.7 Å². The van der Waals surface area contributed by atoms with Gasteiger partial charge in [0.2, 0.25) is 0 Å². The fourth-order valence-electron chi connectivity index (χ4n) is 1.77. The summed E-state index contributed by atoms with van der Waals surface area (Å²) in [6, 6.07) is 3.51. The molecule has 0 aromatic heterocycles. The van der Waals surface area contributed by atoms with Gasteiger partial charge >= 0.3 is 0 Å². The number of halogens is 1. The predicted molar refractivity (Wildman–Crippen MR) is 84.8 cm³/mol. The van der Waals surface area contributed by atoms with Crippen molar-refractivity contribution in [3.05, 3.63) is 22.2 Å². The van der Waals surface area contributed by atoms with E-state index in [0.717, 1.165) is 4.47 Å². The Balaban J connectivity index is 3.09. The molecule has 0 aliphatic rings. The summed E-state index contributed by atoms with van der Waals surface area (Å²) in [6.45, 7) is 8.53. The smallest absolute Gasteiger partial charge is 0.167 e. The minimum Gasteiger partial charge on any atom is -0.496 e. The first-order valence-electron chi connectivity index (χ1n) is 6.65. The van der Waals surface area contributed by atoms with E-state index in [1.807, 2.05) is 0 Å². The van der Waals surface area contributed by atoms with E-state index in [-0.39, 0.29) is 17.1 Å². The Morgan fingerprint density at radius 1 is 1.20 bits per heavy atom. The van der Waals surface area contributed by atoms with Crippen LogP contribution in [0.2, 0.25) is 0 Å². The number of methoxy groups -OCH3 is 2. The molecule has 1 unspecified atom stereocenters. The van der Waals surface area contributed by atoms with Crippen molar-refractivity contribution in [2.75, 3.05) is 14.2 Å². The van der Waals surface area contributed by atoms with Crippen LogP contribution in [0, 0.1) is 11.3 Å². The lowest BCUT2D eigenvalue weighted by molar-refractivity contribution is 0.0924. The van der Waals surface area contributed by atoms with Crippen LogP contribution in [0.3, 0.4) is 0 Å². The Labute approximate surface area is 129 Å². The summed E-state index contributed by atoms with van der Waals surface area (Å²) in [4.78, 5) is 12.5. The molecule has 112 valence electrons. The van der Waals surface area contributed by atoms with Gasteiger partial charge in [-0.2, -0.15) is 0 Å². The molecule has 0 amide bonds. The van der Waals surface area contributed by atoms with Gasteiger partial charge in [-0.3, -0.25) is 4.79 Å². The quantitative estimate of drug-likeness (QED) is 0.726. The van der Waals surface area contributed by atoms with Gasteiger partial charge in [-0.25, -0.2) is 0 Å². The Morgan fingerprint density at radius 3 is 2.20 bits per heavy atom. The van der Waals surface area contributed by atoms with E-state index in [1.54, 1.807) is 26.4 Å². The summed E-state index contributed by atoms with van der Waals surface area (Å²) in [5.74, 6) is 1.57. The SMILES string of the molecule is COc1cc(C(=O)CC(C)C(C)(C)C)c(OC)cc1Br. The van der Waals surface area contributed by atoms with Crippen LogP contribution in [0.5, 0.6) is 11.5 Å². The summed E-state index contributed by atoms with van der Waals surface area (Å²) < 4.78 is 11.3. The Morgan fingerprint density at radius 2 is 1.75 bits per heavy atom. The Bertz CT molecular complexity index is 489. The van der Waals surface area contributed by atoms with Crippen LogP contribution in [0.1, 0.15) is 44.5 Å². The van der Waals surface area contributed by atoms with Crippen molar-refractivity contribution < 1.29 is 14.3 Å². The molecule has 1 aromatic carbocycles. The highest BCUT2D eigenvalue weighted by molar-refractivity contribution is 9.10. The molecule has 0 aliphatic carbocycles. The molecule has 0 bridgehead atoms. The van der Waals surface area contributed by atoms with E-state index in [9.17, 15) is 4.79 Å². The third-order valence-electron chi connectivity index (χ3n) is 3.74. The lowest BCUT2D eigenvalue weighted by Crippen LogP contribution is -2.20. The third-order valence-corrected chi connectivity index (χ3v) is 4.36. The van der Waals surface area contributed by atoms with E-state index in [1.165, 1.54) is 0 Å². The lowest BCUT2D eigenvalue weighted by Gasteiger charge is -2.26. The number of carbonyl (C=O) groups is 1. The molecule has 0 N–H and O–H groups in total. The highest BCUT2D eigenvalue weighted by Crippen LogP contribution is 2.35. The van der Waals surface area contributed by atoms with E-state index in [4.69, 9.17) is 9.47 Å². The molecule has 0 saturated heterocycles. The second kappa shape index (κ2) is 6.61. The van der Waals surface area contributed by atoms with Gasteiger partial charge in [-0.15, -0.1) is 0 Å². The number of ether oxygens (including phenoxy) is 2. The average Bonchev–Trinajstić information content (AvgIpc) is 2.36. The molecule has 0 aliphatic heterocycles. The molecule has 3 nitrogen and oxygen atoms in total. The standard InChI is InChI=1S/C16H23BrO3/c1-10(16(2,3)4)7-13(18)11-8-15(20-6)12(17)9-14(11)19-5/h8-10H,7H2,1-6H3. The zero-order valence-electron chi connectivity index (χ0n) is 13.0. The maximum absolute atomic E-state index is 12.5. The summed E-state index contributed by atoms with van der Waals surface area (Å²) in [5.41, 5.74) is 0.672. The van der Waals surface area contributed by atoms with Crippen molar-refractivity contribution in [1.82, 2.24) is 0 Å². The molecular formula is C16H23BrO3. The molecular weight excluding hydrogens is 320 g/mol. The number of hydrogen-bond donors (Lipinski definition) is 0. The number of rotatable bonds is 5. The maximum atomic E-state index is 12.5. The van der Waals surface area contributed by atoms with E-state index in [2.05, 4.69) is 43.6 Å². The zero-order chi connectivity index (χ0) is 15.5. The second-order valence-corrected chi connectivity index (χ2v) is 6.94. The number of hydrogen-bond acceptors (Lipinski definition) is 3. The molecule has 1 atom stereocenters. The third kappa shape index (κ3) is 3.98. The van der Waals surface area contributed by atoms with Crippen LogP contribution >= 0.6 is 15.9 Å². The first kappa shape index (κ1) is 17.0. The van der Waals surface area contributed by atoms with Gasteiger partial charge in [0.1, 0.15) is 11.5 Å². The minimum absolute atomic E-state index is 0.0788. The monoisotopic (exact) mass is 342 g/mol. The van der Waals surface area contributed by atoms with Gasteiger partial charge in [-0.05, 0) is 39.4 Å². The summed E-state index contributed by atoms with van der Waals surface area (Å²) >= 11 is 3.40. The second-order valence-electron chi connectivity index (χ2n) is 6.08. The van der Waals surface area contributed by atoms with Crippen LogP contribution in [0.25, 0.3) is 0 Å². The molecule has 0 heterocycles. The van der Waals surface area contributed by atoms with Gasteiger partial charge in [0, 0.05) is 6.42 Å². The predicted octanol–water partition coefficient (Wildman–Crippen LogP) is 4.72. The number of Topliss-reactive ketones (excluding diaryl/α,β-unsaturated/α-hetero) is 1. The van der Waals surface area contributed by atoms with Crippen molar-refractivity contribution >= 4 is 21.7 Å². The van der Waals surface area contributed by atoms with Gasteiger partial charge in [0.15, 0.2) is 5.78 Å². The molecule has 0 spiro atoms. The van der Waals surface area contributed by atoms with Crippen LogP contribution < -0.4 is 9.47 Å². The van der Waals surface area contributed by atoms with Crippen molar-refractivity contribution in [1.29, 1.82) is 0 Å². The van der Waals surface area contributed by atoms with E-state index in [0.29, 0.717) is 23.5 Å². The summed E-state index contributed by atoms with van der Waals surface area (Å²) in [5, 5.41) is 0. The molecule has 1 rings (SSSR count). The maximum Gasteiger partial charge on any atom is 0.167 e. The molecule has 0 saturated carbocycles. The largest absolute Gasteiger partial charge is 0.496 e. The fraction of sp³-hybridized carbons (Fsp3) is 0.562. The highest BCUT2D eigenvalue weighted by atomic mass is 79.9. The van der Waals surface area contributed by atoms with E-state index >= 15 is 0 Å². The Kier molecular flexibility index (Phi) is 5.63. The number of carbonyl (C=O) groups excluding carboxylic acids is 1. The average molecular weight is 343 g/mol. The molecule has 0 radical (unpaired) electrons. The van der Waals surface area contributed by atoms with Crippen LogP contribution in [0.15, 0.2) is 16.6 Å². The summed E-state index contributed by atoms with van der Waals surface area (Å²) in [7, 11) is 3.15. The van der Waals surface area contributed by atoms with Crippen molar-refractivity contribution in [3.8, 4) is 11.5 Å². The van der Waals surface area contributed by atoms with Crippen LogP contribution in [-0.4, -0.2) is 20.0 Å². The normalized spacial score (nSPS) is 12.9. The lowest BCUT2D eigenvalue weighted by atomic mass is 9.78. The highest BCUT2D eigenvalue weighted by Gasteiger charge is 2.25. The fourth-order valence-corrected chi connectivity index (χ4v) is 2.26. The van der Waals surface area contributed by atoms with Crippen molar-refractivity contribution in [2.45, 2.75) is 34.1 Å². The molecule has 1 aromatic rings. The first-order chi connectivity index (χ1) is 9.20. The summed E-state index contributed by atoms with van der Waals surface area (Å²) in [6.07, 6.45) is 0.491. The van der Waals surface area contributed by atoms with Gasteiger partial charge < -0.3 is 9.47 Å². The molecule has 0 fully saturated rings. The van der Waals surface area contributed by atoms with Crippen molar-refractivity contribution in [2.24, 2.45) is 11.3 Å². The first-order valence-corrected chi connectivity index (χ1v) is 7.44. The number of ketones is 1. The van der Waals surface area contributed by atoms with Crippen molar-refractivity contribution in [3.63, 3.8) is 0 Å².